The highest BCUT2D eigenvalue weighted by Crippen LogP contribution is 2.32. The summed E-state index contributed by atoms with van der Waals surface area (Å²) in [7, 11) is 3.67. The second-order valence-corrected chi connectivity index (χ2v) is 8.95. The van der Waals surface area contributed by atoms with Crippen molar-refractivity contribution in [3.05, 3.63) is 45.8 Å². The van der Waals surface area contributed by atoms with Crippen molar-refractivity contribution in [1.82, 2.24) is 24.6 Å². The number of alkyl halides is 6. The summed E-state index contributed by atoms with van der Waals surface area (Å²) in [4.78, 5) is 51.6. The van der Waals surface area contributed by atoms with Crippen LogP contribution in [0.5, 0.6) is 0 Å². The van der Waals surface area contributed by atoms with Crippen molar-refractivity contribution in [1.29, 1.82) is 0 Å². The molecule has 3 aromatic heterocycles. The van der Waals surface area contributed by atoms with Crippen LogP contribution >= 0.6 is 11.3 Å². The van der Waals surface area contributed by atoms with E-state index in [0.29, 0.717) is 29.7 Å². The molecule has 3 aromatic rings. The molecule has 218 valence electrons. The number of carboxylic acid groups (broad SMARTS) is 2. The van der Waals surface area contributed by atoms with E-state index in [2.05, 4.69) is 15.0 Å². The van der Waals surface area contributed by atoms with Crippen molar-refractivity contribution in [2.24, 2.45) is 7.05 Å². The Hall–Kier alpha value is -4.06. The van der Waals surface area contributed by atoms with Gasteiger partial charge in [0.25, 0.3) is 11.5 Å². The molecule has 18 heteroatoms. The van der Waals surface area contributed by atoms with Crippen LogP contribution in [0.4, 0.5) is 26.3 Å². The van der Waals surface area contributed by atoms with Gasteiger partial charge in [0.15, 0.2) is 0 Å². The van der Waals surface area contributed by atoms with Crippen LogP contribution in [-0.2, 0) is 16.6 Å². The highest BCUT2D eigenvalue weighted by molar-refractivity contribution is 7.18. The fourth-order valence-corrected chi connectivity index (χ4v) is 4.22. The quantitative estimate of drug-likeness (QED) is 0.426. The SMILES string of the molecule is CN1CCN(C(=O)c2csc3c(-c4ccncc4)nn(C)c(=O)c23)CC1.O=C(O)C(F)(F)F.O=C(O)C(F)(F)F. The third kappa shape index (κ3) is 8.22. The molecule has 0 bridgehead atoms. The summed E-state index contributed by atoms with van der Waals surface area (Å²) in [6, 6.07) is 3.71. The predicted molar refractivity (Wildman–Crippen MR) is 129 cm³/mol. The molecule has 0 aliphatic carbocycles. The number of aryl methyl sites for hydroxylation is 1. The number of hydrogen-bond donors (Lipinski definition) is 2. The van der Waals surface area contributed by atoms with Crippen molar-refractivity contribution in [3.8, 4) is 11.3 Å². The minimum atomic E-state index is -5.08. The molecular formula is C22H21F6N5O6S. The summed E-state index contributed by atoms with van der Waals surface area (Å²) in [6.07, 6.45) is -6.78. The van der Waals surface area contributed by atoms with Crippen LogP contribution in [0.3, 0.4) is 0 Å². The smallest absolute Gasteiger partial charge is 0.475 e. The lowest BCUT2D eigenvalue weighted by Gasteiger charge is -2.32. The van der Waals surface area contributed by atoms with Gasteiger partial charge in [-0.3, -0.25) is 14.6 Å². The zero-order valence-corrected chi connectivity index (χ0v) is 21.5. The van der Waals surface area contributed by atoms with Crippen molar-refractivity contribution in [2.45, 2.75) is 12.4 Å². The van der Waals surface area contributed by atoms with E-state index < -0.39 is 24.3 Å². The largest absolute Gasteiger partial charge is 0.490 e. The van der Waals surface area contributed by atoms with Gasteiger partial charge in [-0.1, -0.05) is 0 Å². The monoisotopic (exact) mass is 597 g/mol. The Kier molecular flexibility index (Phi) is 10.3. The van der Waals surface area contributed by atoms with Gasteiger partial charge < -0.3 is 20.0 Å². The number of carboxylic acids is 2. The molecule has 0 radical (unpaired) electrons. The first-order chi connectivity index (χ1) is 18.4. The molecule has 1 aliphatic heterocycles. The third-order valence-corrected chi connectivity index (χ3v) is 6.21. The van der Waals surface area contributed by atoms with Crippen molar-refractivity contribution < 1.29 is 50.9 Å². The number of piperazine rings is 1. The second kappa shape index (κ2) is 12.9. The molecule has 4 heterocycles. The summed E-state index contributed by atoms with van der Waals surface area (Å²) in [5, 5.41) is 20.9. The average Bonchev–Trinajstić information content (AvgIpc) is 3.32. The molecular weight excluding hydrogens is 576 g/mol. The van der Waals surface area contributed by atoms with Gasteiger partial charge in [-0.25, -0.2) is 14.3 Å². The van der Waals surface area contributed by atoms with Gasteiger partial charge in [0.05, 0.1) is 15.6 Å². The zero-order valence-electron chi connectivity index (χ0n) is 20.7. The third-order valence-electron chi connectivity index (χ3n) is 5.22. The number of amides is 1. The number of carbonyl (C=O) groups is 3. The maximum Gasteiger partial charge on any atom is 0.490 e. The molecule has 11 nitrogen and oxygen atoms in total. The van der Waals surface area contributed by atoms with Gasteiger partial charge >= 0.3 is 24.3 Å². The van der Waals surface area contributed by atoms with Crippen LogP contribution in [0.1, 0.15) is 10.4 Å². The molecule has 1 aliphatic rings. The number of pyridine rings is 1. The number of aromatic nitrogens is 3. The maximum absolute atomic E-state index is 13.0. The minimum absolute atomic E-state index is 0.0756. The lowest BCUT2D eigenvalue weighted by Crippen LogP contribution is -2.47. The van der Waals surface area contributed by atoms with Crippen molar-refractivity contribution in [2.75, 3.05) is 33.2 Å². The summed E-state index contributed by atoms with van der Waals surface area (Å²) in [5.41, 5.74) is 1.82. The Balaban J connectivity index is 0.000000333. The molecule has 0 aromatic carbocycles. The minimum Gasteiger partial charge on any atom is -0.475 e. The number of aliphatic carboxylic acids is 2. The number of thiophene rings is 1. The zero-order chi connectivity index (χ0) is 30.4. The summed E-state index contributed by atoms with van der Waals surface area (Å²) in [5.74, 6) is -5.59. The number of halogens is 6. The van der Waals surface area contributed by atoms with E-state index in [-0.39, 0.29) is 11.5 Å². The highest BCUT2D eigenvalue weighted by Gasteiger charge is 2.38. The summed E-state index contributed by atoms with van der Waals surface area (Å²) in [6.45, 7) is 3.04. The normalized spacial score (nSPS) is 14.1. The van der Waals surface area contributed by atoms with Crippen LogP contribution in [0, 0.1) is 0 Å². The summed E-state index contributed by atoms with van der Waals surface area (Å²) < 4.78 is 65.5. The van der Waals surface area contributed by atoms with Crippen LogP contribution in [-0.4, -0.2) is 98.2 Å². The van der Waals surface area contributed by atoms with Crippen molar-refractivity contribution in [3.63, 3.8) is 0 Å². The van der Waals surface area contributed by atoms with Crippen LogP contribution in [0.15, 0.2) is 34.7 Å². The molecule has 4 rings (SSSR count). The Bertz CT molecular complexity index is 1390. The van der Waals surface area contributed by atoms with Crippen LogP contribution in [0.2, 0.25) is 0 Å². The van der Waals surface area contributed by atoms with Gasteiger partial charge in [0.2, 0.25) is 0 Å². The molecule has 40 heavy (non-hydrogen) atoms. The molecule has 0 spiro atoms. The Morgan fingerprint density at radius 2 is 1.38 bits per heavy atom. The Labute approximate surface area is 224 Å². The number of rotatable bonds is 2. The fourth-order valence-electron chi connectivity index (χ4n) is 3.18. The van der Waals surface area contributed by atoms with E-state index in [4.69, 9.17) is 19.8 Å². The van der Waals surface area contributed by atoms with E-state index in [1.54, 1.807) is 24.8 Å². The van der Waals surface area contributed by atoms with Gasteiger partial charge in [0.1, 0.15) is 5.69 Å². The summed E-state index contributed by atoms with van der Waals surface area (Å²) >= 11 is 1.40. The first-order valence-corrected chi connectivity index (χ1v) is 11.8. The molecule has 1 saturated heterocycles. The number of fused-ring (bicyclic) bond motifs is 1. The van der Waals surface area contributed by atoms with Gasteiger partial charge in [-0.2, -0.15) is 31.4 Å². The average molecular weight is 597 g/mol. The molecule has 0 saturated carbocycles. The lowest BCUT2D eigenvalue weighted by atomic mass is 10.1. The second-order valence-electron chi connectivity index (χ2n) is 8.07. The van der Waals surface area contributed by atoms with Gasteiger partial charge in [0, 0.05) is 56.6 Å². The standard InChI is InChI=1S/C18H19N5O2S.2C2HF3O2/c1-21-7-9-23(10-8-21)17(24)13-11-26-16-14(13)18(25)22(2)20-15(16)12-3-5-19-6-4-12;2*3-2(4,5)1(6)7/h3-6,11H,7-10H2,1-2H3;2*(H,6,7). The fraction of sp³-hybridized carbons (Fsp3) is 0.364. The van der Waals surface area contributed by atoms with Crippen LogP contribution in [0.25, 0.3) is 21.3 Å². The first kappa shape index (κ1) is 32.2. The van der Waals surface area contributed by atoms with Gasteiger partial charge in [-0.15, -0.1) is 11.3 Å². The molecule has 2 N–H and O–H groups in total. The molecule has 0 atom stereocenters. The molecule has 1 amide bonds. The van der Waals surface area contributed by atoms with E-state index in [1.807, 2.05) is 24.1 Å². The van der Waals surface area contributed by atoms with E-state index in [9.17, 15) is 35.9 Å². The van der Waals surface area contributed by atoms with Crippen molar-refractivity contribution >= 4 is 39.3 Å². The maximum atomic E-state index is 13.0. The lowest BCUT2D eigenvalue weighted by molar-refractivity contribution is -0.193. The number of nitrogens with zero attached hydrogens (tertiary/aromatic N) is 5. The predicted octanol–water partition coefficient (Wildman–Crippen LogP) is 2.71. The van der Waals surface area contributed by atoms with E-state index in [0.717, 1.165) is 23.4 Å². The molecule has 0 unspecified atom stereocenters. The Morgan fingerprint density at radius 1 is 0.900 bits per heavy atom. The molecule has 1 fully saturated rings. The number of carbonyl (C=O) groups excluding carboxylic acids is 1. The van der Waals surface area contributed by atoms with E-state index >= 15 is 0 Å². The topological polar surface area (TPSA) is 146 Å². The van der Waals surface area contributed by atoms with Gasteiger partial charge in [-0.05, 0) is 19.2 Å². The first-order valence-electron chi connectivity index (χ1n) is 10.9. The van der Waals surface area contributed by atoms with E-state index in [1.165, 1.54) is 16.0 Å². The Morgan fingerprint density at radius 3 is 1.82 bits per heavy atom. The number of likely N-dealkylation sites (N-methyl/N-ethyl adjacent to an activating group) is 1. The number of hydrogen-bond acceptors (Lipinski definition) is 8. The highest BCUT2D eigenvalue weighted by atomic mass is 32.1. The van der Waals surface area contributed by atoms with Crippen LogP contribution < -0.4 is 5.56 Å².